The maximum Gasteiger partial charge on any atom is 0.307 e. The van der Waals surface area contributed by atoms with Gasteiger partial charge in [-0.3, -0.25) is 13.8 Å². The van der Waals surface area contributed by atoms with Crippen LogP contribution in [0.2, 0.25) is 0 Å². The average molecular weight is 311 g/mol. The van der Waals surface area contributed by atoms with E-state index in [4.69, 9.17) is 5.11 Å². The van der Waals surface area contributed by atoms with Crippen molar-refractivity contribution in [3.63, 3.8) is 0 Å². The standard InChI is InChI=1S/C15H21NO4S/c1-10(2)11(3)16-14(17)9-21(20)13-6-4-12(5-7-13)8-15(18)19/h4-7,10-11H,8-9H2,1-3H3,(H,16,17)(H,18,19). The highest BCUT2D eigenvalue weighted by atomic mass is 32.2. The first-order chi connectivity index (χ1) is 9.79. The summed E-state index contributed by atoms with van der Waals surface area (Å²) < 4.78 is 12.1. The largest absolute Gasteiger partial charge is 0.481 e. The van der Waals surface area contributed by atoms with Crippen LogP contribution in [0.3, 0.4) is 0 Å². The Morgan fingerprint density at radius 3 is 2.24 bits per heavy atom. The van der Waals surface area contributed by atoms with Gasteiger partial charge in [-0.2, -0.15) is 0 Å². The second-order valence-corrected chi connectivity index (χ2v) is 6.76. The molecule has 0 saturated heterocycles. The van der Waals surface area contributed by atoms with Crippen molar-refractivity contribution in [1.29, 1.82) is 0 Å². The number of nitrogens with one attached hydrogen (secondary N) is 1. The zero-order valence-electron chi connectivity index (χ0n) is 12.5. The summed E-state index contributed by atoms with van der Waals surface area (Å²) in [6, 6.07) is 6.49. The van der Waals surface area contributed by atoms with Crippen molar-refractivity contribution in [2.24, 2.45) is 5.92 Å². The Balaban J connectivity index is 2.59. The first kappa shape index (κ1) is 17.4. The number of carboxylic acids is 1. The molecule has 1 rings (SSSR count). The van der Waals surface area contributed by atoms with Crippen LogP contribution in [0.25, 0.3) is 0 Å². The van der Waals surface area contributed by atoms with E-state index in [2.05, 4.69) is 5.32 Å². The zero-order chi connectivity index (χ0) is 16.0. The molecule has 6 heteroatoms. The van der Waals surface area contributed by atoms with E-state index < -0.39 is 16.8 Å². The summed E-state index contributed by atoms with van der Waals surface area (Å²) >= 11 is 0. The SMILES string of the molecule is CC(C)C(C)NC(=O)CS(=O)c1ccc(CC(=O)O)cc1. The van der Waals surface area contributed by atoms with Gasteiger partial charge in [-0.05, 0) is 30.5 Å². The van der Waals surface area contributed by atoms with E-state index in [1.54, 1.807) is 24.3 Å². The third kappa shape index (κ3) is 6.08. The van der Waals surface area contributed by atoms with E-state index in [9.17, 15) is 13.8 Å². The summed E-state index contributed by atoms with van der Waals surface area (Å²) in [6.07, 6.45) is -0.0701. The molecule has 21 heavy (non-hydrogen) atoms. The van der Waals surface area contributed by atoms with E-state index in [0.717, 1.165) is 0 Å². The van der Waals surface area contributed by atoms with E-state index in [1.165, 1.54) is 0 Å². The van der Waals surface area contributed by atoms with Crippen LogP contribution in [0.1, 0.15) is 26.3 Å². The Bertz CT molecular complexity index is 525. The summed E-state index contributed by atoms with van der Waals surface area (Å²) in [6.45, 7) is 5.92. The second kappa shape index (κ2) is 7.93. The van der Waals surface area contributed by atoms with Gasteiger partial charge in [0.2, 0.25) is 5.91 Å². The molecular formula is C15H21NO4S. The third-order valence-electron chi connectivity index (χ3n) is 3.19. The van der Waals surface area contributed by atoms with Crippen molar-refractivity contribution in [2.75, 3.05) is 5.75 Å². The lowest BCUT2D eigenvalue weighted by Crippen LogP contribution is -2.38. The van der Waals surface area contributed by atoms with Crippen molar-refractivity contribution in [3.05, 3.63) is 29.8 Å². The van der Waals surface area contributed by atoms with Gasteiger partial charge in [-0.25, -0.2) is 0 Å². The molecule has 0 aliphatic rings. The normalized spacial score (nSPS) is 13.7. The highest BCUT2D eigenvalue weighted by Crippen LogP contribution is 2.10. The smallest absolute Gasteiger partial charge is 0.307 e. The Hall–Kier alpha value is -1.69. The average Bonchev–Trinajstić information content (AvgIpc) is 2.38. The summed E-state index contributed by atoms with van der Waals surface area (Å²) in [4.78, 5) is 22.9. The number of carboxylic acid groups (broad SMARTS) is 1. The van der Waals surface area contributed by atoms with Gasteiger partial charge in [0.1, 0.15) is 5.75 Å². The lowest BCUT2D eigenvalue weighted by molar-refractivity contribution is -0.136. The van der Waals surface area contributed by atoms with Crippen molar-refractivity contribution in [3.8, 4) is 0 Å². The lowest BCUT2D eigenvalue weighted by atomic mass is 10.1. The van der Waals surface area contributed by atoms with Gasteiger partial charge >= 0.3 is 5.97 Å². The Morgan fingerprint density at radius 1 is 1.19 bits per heavy atom. The molecule has 0 spiro atoms. The maximum atomic E-state index is 12.1. The number of amides is 1. The van der Waals surface area contributed by atoms with E-state index in [-0.39, 0.29) is 24.1 Å². The minimum absolute atomic E-state index is 0.0347. The molecule has 1 amide bonds. The number of hydrogen-bond donors (Lipinski definition) is 2. The maximum absolute atomic E-state index is 12.1. The molecule has 0 aliphatic heterocycles. The van der Waals surface area contributed by atoms with E-state index >= 15 is 0 Å². The van der Waals surface area contributed by atoms with Gasteiger partial charge in [0.15, 0.2) is 0 Å². The predicted octanol–water partition coefficient (Wildman–Crippen LogP) is 1.58. The third-order valence-corrected chi connectivity index (χ3v) is 4.51. The number of carbonyl (C=O) groups excluding carboxylic acids is 1. The quantitative estimate of drug-likeness (QED) is 0.801. The Labute approximate surface area is 127 Å². The Morgan fingerprint density at radius 2 is 1.76 bits per heavy atom. The molecular weight excluding hydrogens is 290 g/mol. The van der Waals surface area contributed by atoms with Gasteiger partial charge in [0.25, 0.3) is 0 Å². The van der Waals surface area contributed by atoms with Crippen LogP contribution >= 0.6 is 0 Å². The van der Waals surface area contributed by atoms with Crippen LogP contribution in [-0.4, -0.2) is 33.0 Å². The topological polar surface area (TPSA) is 83.5 Å². The molecule has 1 aromatic carbocycles. The van der Waals surface area contributed by atoms with Crippen molar-refractivity contribution in [1.82, 2.24) is 5.32 Å². The molecule has 0 saturated carbocycles. The van der Waals surface area contributed by atoms with Crippen molar-refractivity contribution >= 4 is 22.7 Å². The minimum atomic E-state index is -1.42. The zero-order valence-corrected chi connectivity index (χ0v) is 13.3. The fraction of sp³-hybridized carbons (Fsp3) is 0.467. The number of hydrogen-bond acceptors (Lipinski definition) is 3. The number of rotatable bonds is 7. The van der Waals surface area contributed by atoms with Gasteiger partial charge in [0.05, 0.1) is 17.2 Å². The molecule has 0 aromatic heterocycles. The van der Waals surface area contributed by atoms with Crippen LogP contribution in [0.15, 0.2) is 29.2 Å². The van der Waals surface area contributed by atoms with Gasteiger partial charge in [-0.1, -0.05) is 26.0 Å². The van der Waals surface area contributed by atoms with Gasteiger partial charge in [0, 0.05) is 10.9 Å². The first-order valence-electron chi connectivity index (χ1n) is 6.78. The summed E-state index contributed by atoms with van der Waals surface area (Å²) in [7, 11) is -1.42. The molecule has 2 unspecified atom stereocenters. The van der Waals surface area contributed by atoms with E-state index in [0.29, 0.717) is 16.4 Å². The second-order valence-electron chi connectivity index (χ2n) is 5.30. The van der Waals surface area contributed by atoms with Gasteiger partial charge < -0.3 is 10.4 Å². The highest BCUT2D eigenvalue weighted by molar-refractivity contribution is 7.85. The molecule has 1 aromatic rings. The molecule has 2 N–H and O–H groups in total. The number of aliphatic carboxylic acids is 1. The molecule has 0 aliphatic carbocycles. The molecule has 0 fully saturated rings. The fourth-order valence-electron chi connectivity index (χ4n) is 1.60. The van der Waals surface area contributed by atoms with Gasteiger partial charge in [-0.15, -0.1) is 0 Å². The van der Waals surface area contributed by atoms with Crippen molar-refractivity contribution in [2.45, 2.75) is 38.1 Å². The van der Waals surface area contributed by atoms with Crippen LogP contribution < -0.4 is 5.32 Å². The van der Waals surface area contributed by atoms with Crippen molar-refractivity contribution < 1.29 is 18.9 Å². The number of benzene rings is 1. The summed E-state index contributed by atoms with van der Waals surface area (Å²) in [5.41, 5.74) is 0.640. The molecule has 2 atom stereocenters. The monoisotopic (exact) mass is 311 g/mol. The molecule has 0 radical (unpaired) electrons. The molecule has 5 nitrogen and oxygen atoms in total. The summed E-state index contributed by atoms with van der Waals surface area (Å²) in [5, 5.41) is 11.5. The Kier molecular flexibility index (Phi) is 6.55. The first-order valence-corrected chi connectivity index (χ1v) is 8.10. The van der Waals surface area contributed by atoms with Crippen LogP contribution in [-0.2, 0) is 26.8 Å². The van der Waals surface area contributed by atoms with E-state index in [1.807, 2.05) is 20.8 Å². The molecule has 116 valence electrons. The fourth-order valence-corrected chi connectivity index (χ4v) is 2.53. The highest BCUT2D eigenvalue weighted by Gasteiger charge is 2.14. The molecule has 0 heterocycles. The number of carbonyl (C=O) groups is 2. The van der Waals surface area contributed by atoms with Crippen LogP contribution in [0, 0.1) is 5.92 Å². The van der Waals surface area contributed by atoms with Crippen LogP contribution in [0.5, 0.6) is 0 Å². The lowest BCUT2D eigenvalue weighted by Gasteiger charge is -2.17. The summed E-state index contributed by atoms with van der Waals surface area (Å²) in [5.74, 6) is -0.928. The minimum Gasteiger partial charge on any atom is -0.481 e. The molecule has 0 bridgehead atoms. The van der Waals surface area contributed by atoms with Crippen LogP contribution in [0.4, 0.5) is 0 Å². The predicted molar refractivity (Wildman–Crippen MR) is 81.5 cm³/mol.